The van der Waals surface area contributed by atoms with E-state index in [2.05, 4.69) is 15.6 Å². The number of hydrogen-bond donors (Lipinski definition) is 1. The van der Waals surface area contributed by atoms with Crippen molar-refractivity contribution in [3.63, 3.8) is 0 Å². The molecule has 1 aromatic carbocycles. The lowest BCUT2D eigenvalue weighted by Crippen LogP contribution is -2.18. The highest BCUT2D eigenvalue weighted by Crippen LogP contribution is 2.24. The van der Waals surface area contributed by atoms with Crippen LogP contribution in [0.3, 0.4) is 0 Å². The second-order valence-electron chi connectivity index (χ2n) is 4.14. The van der Waals surface area contributed by atoms with Gasteiger partial charge in [-0.05, 0) is 12.1 Å². The first-order valence-electron chi connectivity index (χ1n) is 6.19. The maximum Gasteiger partial charge on any atom is 0.121 e. The van der Waals surface area contributed by atoms with Crippen LogP contribution in [0.2, 0.25) is 5.02 Å². The van der Waals surface area contributed by atoms with Gasteiger partial charge in [0.1, 0.15) is 5.75 Å². The number of rotatable bonds is 7. The van der Waals surface area contributed by atoms with Crippen molar-refractivity contribution in [3.05, 3.63) is 35.1 Å². The molecular formula is C13H17ClN4O2. The Labute approximate surface area is 122 Å². The molecule has 0 aliphatic rings. The molecule has 0 spiro atoms. The lowest BCUT2D eigenvalue weighted by atomic mass is 10.3. The molecule has 0 amide bonds. The summed E-state index contributed by atoms with van der Waals surface area (Å²) in [7, 11) is 3.28. The van der Waals surface area contributed by atoms with Gasteiger partial charge >= 0.3 is 0 Å². The minimum Gasteiger partial charge on any atom is -0.497 e. The van der Waals surface area contributed by atoms with Crippen LogP contribution in [0.15, 0.2) is 24.4 Å². The topological polar surface area (TPSA) is 61.2 Å². The van der Waals surface area contributed by atoms with Gasteiger partial charge in [-0.15, -0.1) is 5.10 Å². The molecule has 2 rings (SSSR count). The molecular weight excluding hydrogens is 280 g/mol. The average molecular weight is 297 g/mol. The van der Waals surface area contributed by atoms with Gasteiger partial charge in [-0.3, -0.25) is 0 Å². The van der Waals surface area contributed by atoms with E-state index in [4.69, 9.17) is 21.1 Å². The van der Waals surface area contributed by atoms with E-state index < -0.39 is 0 Å². The Morgan fingerprint density at radius 2 is 2.20 bits per heavy atom. The molecule has 0 aliphatic heterocycles. The van der Waals surface area contributed by atoms with E-state index in [0.717, 1.165) is 23.7 Å². The van der Waals surface area contributed by atoms with Crippen LogP contribution >= 0.6 is 11.6 Å². The first kappa shape index (κ1) is 14.8. The summed E-state index contributed by atoms with van der Waals surface area (Å²) in [5.41, 5.74) is 1.57. The Morgan fingerprint density at radius 3 is 2.95 bits per heavy atom. The van der Waals surface area contributed by atoms with Crippen molar-refractivity contribution in [2.24, 2.45) is 0 Å². The van der Waals surface area contributed by atoms with Crippen LogP contribution < -0.4 is 10.1 Å². The number of benzene rings is 1. The zero-order valence-corrected chi connectivity index (χ0v) is 12.2. The maximum atomic E-state index is 6.17. The van der Waals surface area contributed by atoms with E-state index >= 15 is 0 Å². The summed E-state index contributed by atoms with van der Waals surface area (Å²) >= 11 is 6.17. The van der Waals surface area contributed by atoms with E-state index in [1.54, 1.807) is 31.0 Å². The standard InChI is InChI=1S/C13H17ClN4O2/c1-19-6-5-15-8-10-9-18(17-16-10)13-7-11(20-2)3-4-12(13)14/h3-4,7,9,15H,5-6,8H2,1-2H3. The zero-order valence-electron chi connectivity index (χ0n) is 11.5. The first-order valence-corrected chi connectivity index (χ1v) is 6.57. The van der Waals surface area contributed by atoms with Gasteiger partial charge in [-0.2, -0.15) is 0 Å². The molecule has 0 unspecified atom stereocenters. The van der Waals surface area contributed by atoms with Gasteiger partial charge < -0.3 is 14.8 Å². The van der Waals surface area contributed by atoms with Crippen LogP contribution in [0.1, 0.15) is 5.69 Å². The molecule has 20 heavy (non-hydrogen) atoms. The Kier molecular flexibility index (Phi) is 5.34. The molecule has 1 heterocycles. The van der Waals surface area contributed by atoms with Crippen LogP contribution in [0, 0.1) is 0 Å². The molecule has 7 heteroatoms. The van der Waals surface area contributed by atoms with E-state index in [1.165, 1.54) is 0 Å². The summed E-state index contributed by atoms with van der Waals surface area (Å²) in [6, 6.07) is 5.39. The predicted octanol–water partition coefficient (Wildman–Crippen LogP) is 1.67. The summed E-state index contributed by atoms with van der Waals surface area (Å²) in [5.74, 6) is 0.722. The highest BCUT2D eigenvalue weighted by molar-refractivity contribution is 6.32. The summed E-state index contributed by atoms with van der Waals surface area (Å²) < 4.78 is 11.8. The Morgan fingerprint density at radius 1 is 1.35 bits per heavy atom. The van der Waals surface area contributed by atoms with E-state index in [9.17, 15) is 0 Å². The third kappa shape index (κ3) is 3.69. The summed E-state index contributed by atoms with van der Waals surface area (Å²) in [4.78, 5) is 0. The van der Waals surface area contributed by atoms with Crippen molar-refractivity contribution < 1.29 is 9.47 Å². The fourth-order valence-electron chi connectivity index (χ4n) is 1.68. The molecule has 2 aromatic rings. The van der Waals surface area contributed by atoms with Gasteiger partial charge in [0, 0.05) is 26.3 Å². The van der Waals surface area contributed by atoms with E-state index in [0.29, 0.717) is 18.2 Å². The van der Waals surface area contributed by atoms with Gasteiger partial charge in [0.05, 0.1) is 36.3 Å². The van der Waals surface area contributed by atoms with Crippen LogP contribution in [0.4, 0.5) is 0 Å². The molecule has 0 bridgehead atoms. The minimum atomic E-state index is 0.592. The smallest absolute Gasteiger partial charge is 0.121 e. The lowest BCUT2D eigenvalue weighted by Gasteiger charge is -2.06. The summed E-state index contributed by atoms with van der Waals surface area (Å²) in [6.45, 7) is 2.06. The quantitative estimate of drug-likeness (QED) is 0.788. The van der Waals surface area contributed by atoms with E-state index in [-0.39, 0.29) is 0 Å². The number of halogens is 1. The highest BCUT2D eigenvalue weighted by Gasteiger charge is 2.08. The molecule has 0 saturated carbocycles. The number of hydrogen-bond acceptors (Lipinski definition) is 5. The van der Waals surface area contributed by atoms with Gasteiger partial charge in [0.25, 0.3) is 0 Å². The zero-order chi connectivity index (χ0) is 14.4. The summed E-state index contributed by atoms with van der Waals surface area (Å²) in [5, 5.41) is 12.0. The number of ether oxygens (including phenoxy) is 2. The fraction of sp³-hybridized carbons (Fsp3) is 0.385. The van der Waals surface area contributed by atoms with Gasteiger partial charge in [-0.25, -0.2) is 4.68 Å². The van der Waals surface area contributed by atoms with Crippen molar-refractivity contribution in [2.75, 3.05) is 27.4 Å². The van der Waals surface area contributed by atoms with Crippen LogP contribution in [-0.4, -0.2) is 42.4 Å². The van der Waals surface area contributed by atoms with Crippen molar-refractivity contribution >= 4 is 11.6 Å². The normalized spacial score (nSPS) is 10.8. The summed E-state index contributed by atoms with van der Waals surface area (Å²) in [6.07, 6.45) is 1.83. The lowest BCUT2D eigenvalue weighted by molar-refractivity contribution is 0.199. The second kappa shape index (κ2) is 7.23. The average Bonchev–Trinajstić information content (AvgIpc) is 2.93. The SMILES string of the molecule is COCCNCc1cn(-c2cc(OC)ccc2Cl)nn1. The third-order valence-corrected chi connectivity index (χ3v) is 3.05. The van der Waals surface area contributed by atoms with Crippen LogP contribution in [0.5, 0.6) is 5.75 Å². The molecule has 108 valence electrons. The number of aromatic nitrogens is 3. The van der Waals surface area contributed by atoms with Crippen molar-refractivity contribution in [1.29, 1.82) is 0 Å². The monoisotopic (exact) mass is 296 g/mol. The largest absolute Gasteiger partial charge is 0.497 e. The molecule has 1 N–H and O–H groups in total. The van der Waals surface area contributed by atoms with Crippen LogP contribution in [0.25, 0.3) is 5.69 Å². The van der Waals surface area contributed by atoms with Gasteiger partial charge in [-0.1, -0.05) is 16.8 Å². The Hall–Kier alpha value is -1.63. The van der Waals surface area contributed by atoms with Crippen LogP contribution in [-0.2, 0) is 11.3 Å². The molecule has 0 atom stereocenters. The molecule has 0 saturated heterocycles. The molecule has 0 aliphatic carbocycles. The Bertz CT molecular complexity index is 559. The molecule has 6 nitrogen and oxygen atoms in total. The highest BCUT2D eigenvalue weighted by atomic mass is 35.5. The maximum absolute atomic E-state index is 6.17. The molecule has 0 fully saturated rings. The fourth-order valence-corrected chi connectivity index (χ4v) is 1.89. The first-order chi connectivity index (χ1) is 9.74. The van der Waals surface area contributed by atoms with E-state index in [1.807, 2.05) is 12.3 Å². The number of nitrogens with one attached hydrogen (secondary N) is 1. The van der Waals surface area contributed by atoms with Crippen molar-refractivity contribution in [1.82, 2.24) is 20.3 Å². The van der Waals surface area contributed by atoms with Crippen molar-refractivity contribution in [2.45, 2.75) is 6.54 Å². The second-order valence-corrected chi connectivity index (χ2v) is 4.55. The third-order valence-electron chi connectivity index (χ3n) is 2.73. The predicted molar refractivity (Wildman–Crippen MR) is 76.5 cm³/mol. The number of nitrogens with zero attached hydrogens (tertiary/aromatic N) is 3. The molecule has 0 radical (unpaired) electrons. The van der Waals surface area contributed by atoms with Crippen molar-refractivity contribution in [3.8, 4) is 11.4 Å². The van der Waals surface area contributed by atoms with Gasteiger partial charge in [0.15, 0.2) is 0 Å². The number of methoxy groups -OCH3 is 2. The van der Waals surface area contributed by atoms with Gasteiger partial charge in [0.2, 0.25) is 0 Å². The molecule has 1 aromatic heterocycles. The minimum absolute atomic E-state index is 0.592. The Balaban J connectivity index is 2.08.